The topological polar surface area (TPSA) is 44.4 Å². The SMILES string of the molecule is O=C(NCCc1ccccc1)[C@@]12CCCCN1C[C@@H](NC1CCSCC1)C2. The van der Waals surface area contributed by atoms with Gasteiger partial charge in [0.2, 0.25) is 5.91 Å². The molecule has 0 aromatic heterocycles. The molecule has 4 rings (SSSR count). The Labute approximate surface area is 167 Å². The van der Waals surface area contributed by atoms with E-state index in [4.69, 9.17) is 0 Å². The van der Waals surface area contributed by atoms with E-state index in [1.807, 2.05) is 6.07 Å². The van der Waals surface area contributed by atoms with Crippen molar-refractivity contribution in [2.75, 3.05) is 31.1 Å². The smallest absolute Gasteiger partial charge is 0.240 e. The molecule has 1 amide bonds. The highest BCUT2D eigenvalue weighted by Crippen LogP contribution is 2.38. The van der Waals surface area contributed by atoms with Gasteiger partial charge in [-0.1, -0.05) is 30.3 Å². The normalized spacial score (nSPS) is 29.4. The molecule has 0 spiro atoms. The third kappa shape index (κ3) is 4.52. The van der Waals surface area contributed by atoms with E-state index in [1.54, 1.807) is 0 Å². The summed E-state index contributed by atoms with van der Waals surface area (Å²) in [7, 11) is 0. The van der Waals surface area contributed by atoms with Gasteiger partial charge in [0.05, 0.1) is 0 Å². The highest BCUT2D eigenvalue weighted by molar-refractivity contribution is 7.99. The van der Waals surface area contributed by atoms with Crippen LogP contribution in [-0.2, 0) is 11.2 Å². The second-order valence-corrected chi connectivity index (χ2v) is 9.61. The number of hydrogen-bond donors (Lipinski definition) is 2. The van der Waals surface area contributed by atoms with Crippen LogP contribution >= 0.6 is 11.8 Å². The molecule has 4 nitrogen and oxygen atoms in total. The highest BCUT2D eigenvalue weighted by Gasteiger charge is 2.51. The van der Waals surface area contributed by atoms with Gasteiger partial charge >= 0.3 is 0 Å². The fraction of sp³-hybridized carbons (Fsp3) is 0.682. The standard InChI is InChI=1S/C22H33N3OS/c26-21(23-12-8-18-6-2-1-3-7-18)22-11-4-5-13-25(22)17-20(16-22)24-19-9-14-27-15-10-19/h1-3,6-7,19-20,24H,4-5,8-17H2,(H,23,26)/t20-,22-/m0/s1. The second kappa shape index (κ2) is 8.97. The summed E-state index contributed by atoms with van der Waals surface area (Å²) in [6.45, 7) is 2.84. The molecular weight excluding hydrogens is 354 g/mol. The van der Waals surface area contributed by atoms with Crippen LogP contribution in [0.15, 0.2) is 30.3 Å². The summed E-state index contributed by atoms with van der Waals surface area (Å²) in [5.74, 6) is 2.82. The van der Waals surface area contributed by atoms with Gasteiger partial charge in [-0.05, 0) is 68.6 Å². The molecule has 3 saturated heterocycles. The van der Waals surface area contributed by atoms with Gasteiger partial charge in [-0.25, -0.2) is 0 Å². The molecule has 0 bridgehead atoms. The first kappa shape index (κ1) is 19.3. The number of nitrogens with one attached hydrogen (secondary N) is 2. The fourth-order valence-electron chi connectivity index (χ4n) is 5.12. The Balaban J connectivity index is 1.35. The maximum absolute atomic E-state index is 13.2. The monoisotopic (exact) mass is 387 g/mol. The van der Waals surface area contributed by atoms with Crippen molar-refractivity contribution in [3.05, 3.63) is 35.9 Å². The lowest BCUT2D eigenvalue weighted by atomic mass is 9.84. The van der Waals surface area contributed by atoms with Crippen molar-refractivity contribution in [3.63, 3.8) is 0 Å². The number of piperidine rings is 1. The van der Waals surface area contributed by atoms with E-state index >= 15 is 0 Å². The summed E-state index contributed by atoms with van der Waals surface area (Å²) in [5, 5.41) is 7.18. The summed E-state index contributed by atoms with van der Waals surface area (Å²) in [5.41, 5.74) is 1.02. The first-order chi connectivity index (χ1) is 13.3. The number of amides is 1. The molecule has 5 heteroatoms. The Bertz CT molecular complexity index is 619. The molecule has 0 saturated carbocycles. The number of thioether (sulfide) groups is 1. The van der Waals surface area contributed by atoms with E-state index in [0.717, 1.165) is 38.9 Å². The minimum absolute atomic E-state index is 0.265. The van der Waals surface area contributed by atoms with Crippen LogP contribution in [0.2, 0.25) is 0 Å². The zero-order chi connectivity index (χ0) is 18.5. The Morgan fingerprint density at radius 3 is 2.78 bits per heavy atom. The molecule has 0 aliphatic carbocycles. The second-order valence-electron chi connectivity index (χ2n) is 8.38. The zero-order valence-corrected chi connectivity index (χ0v) is 17.1. The van der Waals surface area contributed by atoms with Crippen LogP contribution in [-0.4, -0.2) is 59.6 Å². The molecule has 3 aliphatic heterocycles. The van der Waals surface area contributed by atoms with Crippen molar-refractivity contribution in [1.82, 2.24) is 15.5 Å². The van der Waals surface area contributed by atoms with Crippen LogP contribution in [0.1, 0.15) is 44.1 Å². The van der Waals surface area contributed by atoms with Crippen LogP contribution in [0.3, 0.4) is 0 Å². The Morgan fingerprint density at radius 2 is 1.96 bits per heavy atom. The minimum Gasteiger partial charge on any atom is -0.354 e. The average molecular weight is 388 g/mol. The maximum atomic E-state index is 13.2. The van der Waals surface area contributed by atoms with Gasteiger partial charge in [-0.2, -0.15) is 11.8 Å². The number of carbonyl (C=O) groups is 1. The van der Waals surface area contributed by atoms with Gasteiger partial charge in [0.15, 0.2) is 0 Å². The first-order valence-corrected chi connectivity index (χ1v) is 11.8. The molecule has 3 fully saturated rings. The van der Waals surface area contributed by atoms with Gasteiger partial charge in [-0.15, -0.1) is 0 Å². The lowest BCUT2D eigenvalue weighted by Crippen LogP contribution is -2.57. The van der Waals surface area contributed by atoms with Crippen LogP contribution < -0.4 is 10.6 Å². The molecule has 0 unspecified atom stereocenters. The number of rotatable bonds is 6. The third-order valence-corrected chi connectivity index (χ3v) is 7.60. The largest absolute Gasteiger partial charge is 0.354 e. The summed E-state index contributed by atoms with van der Waals surface area (Å²) >= 11 is 2.07. The van der Waals surface area contributed by atoms with Crippen molar-refractivity contribution in [2.45, 2.75) is 62.6 Å². The zero-order valence-electron chi connectivity index (χ0n) is 16.3. The van der Waals surface area contributed by atoms with Crippen molar-refractivity contribution in [3.8, 4) is 0 Å². The predicted molar refractivity (Wildman–Crippen MR) is 113 cm³/mol. The van der Waals surface area contributed by atoms with E-state index < -0.39 is 0 Å². The maximum Gasteiger partial charge on any atom is 0.240 e. The molecular formula is C22H33N3OS. The Morgan fingerprint density at radius 1 is 1.15 bits per heavy atom. The molecule has 2 N–H and O–H groups in total. The summed E-state index contributed by atoms with van der Waals surface area (Å²) < 4.78 is 0. The molecule has 27 heavy (non-hydrogen) atoms. The van der Waals surface area contributed by atoms with Crippen molar-refractivity contribution < 1.29 is 4.79 Å². The van der Waals surface area contributed by atoms with Crippen molar-refractivity contribution >= 4 is 17.7 Å². The molecule has 2 atom stereocenters. The molecule has 0 radical (unpaired) electrons. The van der Waals surface area contributed by atoms with E-state index in [2.05, 4.69) is 51.6 Å². The molecule has 148 valence electrons. The average Bonchev–Trinajstić information content (AvgIpc) is 3.08. The summed E-state index contributed by atoms with van der Waals surface area (Å²) in [6.07, 6.45) is 7.86. The highest BCUT2D eigenvalue weighted by atomic mass is 32.2. The van der Waals surface area contributed by atoms with Crippen LogP contribution in [0.5, 0.6) is 0 Å². The van der Waals surface area contributed by atoms with Crippen LogP contribution in [0, 0.1) is 0 Å². The van der Waals surface area contributed by atoms with Crippen LogP contribution in [0.25, 0.3) is 0 Å². The summed E-state index contributed by atoms with van der Waals surface area (Å²) in [6, 6.07) is 11.6. The molecule has 1 aromatic carbocycles. The minimum atomic E-state index is -0.268. The fourth-order valence-corrected chi connectivity index (χ4v) is 6.22. The number of nitrogens with zero attached hydrogens (tertiary/aromatic N) is 1. The van der Waals surface area contributed by atoms with Gasteiger partial charge in [0.25, 0.3) is 0 Å². The number of fused-ring (bicyclic) bond motifs is 1. The van der Waals surface area contributed by atoms with Crippen molar-refractivity contribution in [1.29, 1.82) is 0 Å². The lowest BCUT2D eigenvalue weighted by Gasteiger charge is -2.40. The molecule has 3 aliphatic rings. The van der Waals surface area contributed by atoms with E-state index in [9.17, 15) is 4.79 Å². The Kier molecular flexibility index (Phi) is 6.41. The first-order valence-electron chi connectivity index (χ1n) is 10.7. The molecule has 3 heterocycles. The Hall–Kier alpha value is -1.04. The predicted octanol–water partition coefficient (Wildman–Crippen LogP) is 2.83. The van der Waals surface area contributed by atoms with Gasteiger partial charge in [0, 0.05) is 25.2 Å². The van der Waals surface area contributed by atoms with Gasteiger partial charge in [0.1, 0.15) is 5.54 Å². The molecule has 1 aromatic rings. The number of carbonyl (C=O) groups excluding carboxylic acids is 1. The van der Waals surface area contributed by atoms with Crippen molar-refractivity contribution in [2.24, 2.45) is 0 Å². The van der Waals surface area contributed by atoms with E-state index in [1.165, 1.54) is 42.8 Å². The number of hydrogen-bond acceptors (Lipinski definition) is 4. The van der Waals surface area contributed by atoms with E-state index in [-0.39, 0.29) is 11.4 Å². The van der Waals surface area contributed by atoms with Gasteiger partial charge < -0.3 is 10.6 Å². The third-order valence-electron chi connectivity index (χ3n) is 6.56. The number of benzene rings is 1. The van der Waals surface area contributed by atoms with Crippen LogP contribution in [0.4, 0.5) is 0 Å². The van der Waals surface area contributed by atoms with Gasteiger partial charge in [-0.3, -0.25) is 9.69 Å². The lowest BCUT2D eigenvalue weighted by molar-refractivity contribution is -0.133. The quantitative estimate of drug-likeness (QED) is 0.788. The van der Waals surface area contributed by atoms with E-state index in [0.29, 0.717) is 12.1 Å². The summed E-state index contributed by atoms with van der Waals surface area (Å²) in [4.78, 5) is 15.7.